The monoisotopic (exact) mass is 303 g/mol. The summed E-state index contributed by atoms with van der Waals surface area (Å²) in [7, 11) is 0. The van der Waals surface area contributed by atoms with Gasteiger partial charge in [0.05, 0.1) is 12.3 Å². The first kappa shape index (κ1) is 14.1. The molecule has 0 aliphatic rings. The molecule has 3 rings (SSSR count). The van der Waals surface area contributed by atoms with E-state index in [2.05, 4.69) is 26.7 Å². The molecule has 7 heteroatoms. The second kappa shape index (κ2) is 6.28. The zero-order valence-corrected chi connectivity index (χ0v) is 12.6. The first-order valence-electron chi connectivity index (χ1n) is 6.91. The molecule has 6 nitrogen and oxygen atoms in total. The SMILES string of the molecule is CCCn1c(CN)nnc1SCc1nc2ccccc2o1. The minimum atomic E-state index is 0.399. The number of fused-ring (bicyclic) bond motifs is 1. The first-order valence-corrected chi connectivity index (χ1v) is 7.89. The normalized spacial score (nSPS) is 11.3. The number of rotatable bonds is 6. The van der Waals surface area contributed by atoms with E-state index in [-0.39, 0.29) is 0 Å². The molecule has 1 aromatic carbocycles. The van der Waals surface area contributed by atoms with Crippen LogP contribution in [-0.2, 0) is 18.8 Å². The summed E-state index contributed by atoms with van der Waals surface area (Å²) in [6.45, 7) is 3.39. The van der Waals surface area contributed by atoms with Gasteiger partial charge in [-0.05, 0) is 18.6 Å². The van der Waals surface area contributed by atoms with Crippen LogP contribution in [0.4, 0.5) is 0 Å². The summed E-state index contributed by atoms with van der Waals surface area (Å²) in [5.74, 6) is 2.14. The standard InChI is InChI=1S/C14H17N5OS/c1-2-7-19-12(8-15)17-18-14(19)21-9-13-16-10-5-3-4-6-11(10)20-13/h3-6H,2,7-9,15H2,1H3. The second-order valence-corrected chi connectivity index (χ2v) is 5.56. The van der Waals surface area contributed by atoms with Gasteiger partial charge in [-0.3, -0.25) is 0 Å². The summed E-state index contributed by atoms with van der Waals surface area (Å²) in [5, 5.41) is 9.19. The minimum absolute atomic E-state index is 0.399. The van der Waals surface area contributed by atoms with Gasteiger partial charge in [-0.15, -0.1) is 10.2 Å². The van der Waals surface area contributed by atoms with Crippen molar-refractivity contribution in [3.05, 3.63) is 36.0 Å². The summed E-state index contributed by atoms with van der Waals surface area (Å²) < 4.78 is 7.77. The number of oxazole rings is 1. The van der Waals surface area contributed by atoms with Crippen molar-refractivity contribution < 1.29 is 4.42 Å². The van der Waals surface area contributed by atoms with Gasteiger partial charge in [-0.1, -0.05) is 30.8 Å². The van der Waals surface area contributed by atoms with Crippen LogP contribution in [0.5, 0.6) is 0 Å². The Morgan fingerprint density at radius 1 is 1.29 bits per heavy atom. The Kier molecular flexibility index (Phi) is 4.21. The van der Waals surface area contributed by atoms with Crippen molar-refractivity contribution in [2.45, 2.75) is 37.3 Å². The third kappa shape index (κ3) is 2.93. The average molecular weight is 303 g/mol. The summed E-state index contributed by atoms with van der Waals surface area (Å²) >= 11 is 1.57. The van der Waals surface area contributed by atoms with Crippen LogP contribution in [0.25, 0.3) is 11.1 Å². The molecule has 0 amide bonds. The third-order valence-electron chi connectivity index (χ3n) is 3.09. The van der Waals surface area contributed by atoms with Crippen molar-refractivity contribution in [3.8, 4) is 0 Å². The molecule has 0 radical (unpaired) electrons. The van der Waals surface area contributed by atoms with E-state index in [1.807, 2.05) is 24.3 Å². The van der Waals surface area contributed by atoms with E-state index in [0.717, 1.165) is 35.0 Å². The van der Waals surface area contributed by atoms with Crippen molar-refractivity contribution in [1.82, 2.24) is 19.7 Å². The molecule has 21 heavy (non-hydrogen) atoms. The van der Waals surface area contributed by atoms with Gasteiger partial charge in [0.1, 0.15) is 11.3 Å². The maximum Gasteiger partial charge on any atom is 0.205 e. The molecule has 0 aliphatic carbocycles. The van der Waals surface area contributed by atoms with Gasteiger partial charge in [0.2, 0.25) is 5.89 Å². The smallest absolute Gasteiger partial charge is 0.205 e. The summed E-state index contributed by atoms with van der Waals surface area (Å²) in [5.41, 5.74) is 7.38. The number of nitrogens with two attached hydrogens (primary N) is 1. The molecule has 2 N–H and O–H groups in total. The number of nitrogens with zero attached hydrogens (tertiary/aromatic N) is 4. The maximum atomic E-state index is 5.71. The van der Waals surface area contributed by atoms with Crippen molar-refractivity contribution in [2.24, 2.45) is 5.73 Å². The summed E-state index contributed by atoms with van der Waals surface area (Å²) in [6, 6.07) is 7.75. The van der Waals surface area contributed by atoms with E-state index in [9.17, 15) is 0 Å². The fraction of sp³-hybridized carbons (Fsp3) is 0.357. The zero-order chi connectivity index (χ0) is 14.7. The van der Waals surface area contributed by atoms with Crippen LogP contribution < -0.4 is 5.73 Å². The van der Waals surface area contributed by atoms with Crippen LogP contribution in [0.3, 0.4) is 0 Å². The van der Waals surface area contributed by atoms with Crippen LogP contribution in [0.15, 0.2) is 33.8 Å². The number of aromatic nitrogens is 4. The second-order valence-electron chi connectivity index (χ2n) is 4.62. The number of benzene rings is 1. The molecule has 110 valence electrons. The van der Waals surface area contributed by atoms with Gasteiger partial charge in [-0.2, -0.15) is 0 Å². The lowest BCUT2D eigenvalue weighted by molar-refractivity contribution is 0.554. The van der Waals surface area contributed by atoms with Crippen molar-refractivity contribution in [1.29, 1.82) is 0 Å². The number of thioether (sulfide) groups is 1. The molecule has 0 saturated carbocycles. The zero-order valence-electron chi connectivity index (χ0n) is 11.8. The molecule has 0 spiro atoms. The molecule has 0 fully saturated rings. The highest BCUT2D eigenvalue weighted by atomic mass is 32.2. The predicted octanol–water partition coefficient (Wildman–Crippen LogP) is 2.58. The van der Waals surface area contributed by atoms with Gasteiger partial charge in [0, 0.05) is 6.54 Å². The van der Waals surface area contributed by atoms with E-state index in [0.29, 0.717) is 18.2 Å². The quantitative estimate of drug-likeness (QED) is 0.705. The van der Waals surface area contributed by atoms with Crippen molar-refractivity contribution >= 4 is 22.9 Å². The molecule has 2 heterocycles. The Hall–Kier alpha value is -1.86. The molecular weight excluding hydrogens is 286 g/mol. The largest absolute Gasteiger partial charge is 0.440 e. The van der Waals surface area contributed by atoms with Gasteiger partial charge in [-0.25, -0.2) is 4.98 Å². The molecular formula is C14H17N5OS. The Bertz CT molecular complexity index is 703. The third-order valence-corrected chi connectivity index (χ3v) is 4.04. The van der Waals surface area contributed by atoms with E-state index in [4.69, 9.17) is 10.2 Å². The van der Waals surface area contributed by atoms with Crippen LogP contribution in [-0.4, -0.2) is 19.7 Å². The molecule has 2 aromatic heterocycles. The van der Waals surface area contributed by atoms with E-state index >= 15 is 0 Å². The lowest BCUT2D eigenvalue weighted by Crippen LogP contribution is -2.09. The van der Waals surface area contributed by atoms with Crippen LogP contribution in [0.1, 0.15) is 25.1 Å². The number of hydrogen-bond donors (Lipinski definition) is 1. The molecule has 0 unspecified atom stereocenters. The van der Waals surface area contributed by atoms with E-state index < -0.39 is 0 Å². The van der Waals surface area contributed by atoms with Crippen LogP contribution in [0.2, 0.25) is 0 Å². The summed E-state index contributed by atoms with van der Waals surface area (Å²) in [4.78, 5) is 4.46. The predicted molar refractivity (Wildman–Crippen MR) is 81.8 cm³/mol. The lowest BCUT2D eigenvalue weighted by atomic mass is 10.3. The minimum Gasteiger partial charge on any atom is -0.440 e. The van der Waals surface area contributed by atoms with Gasteiger partial charge in [0.25, 0.3) is 0 Å². The molecule has 0 bridgehead atoms. The Morgan fingerprint density at radius 3 is 2.90 bits per heavy atom. The maximum absolute atomic E-state index is 5.71. The van der Waals surface area contributed by atoms with E-state index in [1.54, 1.807) is 11.8 Å². The lowest BCUT2D eigenvalue weighted by Gasteiger charge is -2.06. The molecule has 3 aromatic rings. The topological polar surface area (TPSA) is 82.8 Å². The highest BCUT2D eigenvalue weighted by molar-refractivity contribution is 7.98. The molecule has 0 aliphatic heterocycles. The van der Waals surface area contributed by atoms with E-state index in [1.165, 1.54) is 0 Å². The molecule has 0 atom stereocenters. The number of hydrogen-bond acceptors (Lipinski definition) is 6. The highest BCUT2D eigenvalue weighted by Gasteiger charge is 2.13. The Balaban J connectivity index is 1.76. The van der Waals surface area contributed by atoms with Crippen LogP contribution in [0, 0.1) is 0 Å². The van der Waals surface area contributed by atoms with Gasteiger partial charge in [0.15, 0.2) is 10.7 Å². The van der Waals surface area contributed by atoms with Gasteiger partial charge < -0.3 is 14.7 Å². The van der Waals surface area contributed by atoms with Crippen molar-refractivity contribution in [3.63, 3.8) is 0 Å². The first-order chi connectivity index (χ1) is 10.3. The van der Waals surface area contributed by atoms with Gasteiger partial charge >= 0.3 is 0 Å². The Labute approximate surface area is 126 Å². The fourth-order valence-corrected chi connectivity index (χ4v) is 2.96. The van der Waals surface area contributed by atoms with Crippen molar-refractivity contribution in [2.75, 3.05) is 0 Å². The fourth-order valence-electron chi connectivity index (χ4n) is 2.13. The van der Waals surface area contributed by atoms with Crippen LogP contribution >= 0.6 is 11.8 Å². The Morgan fingerprint density at radius 2 is 2.14 bits per heavy atom. The molecule has 0 saturated heterocycles. The number of para-hydroxylation sites is 2. The average Bonchev–Trinajstić information content (AvgIpc) is 3.08. The highest BCUT2D eigenvalue weighted by Crippen LogP contribution is 2.24. The summed E-state index contributed by atoms with van der Waals surface area (Å²) in [6.07, 6.45) is 1.02.